The minimum atomic E-state index is -5.16. The molecule has 0 aliphatic heterocycles. The minimum Gasteiger partial charge on any atom is -0.726 e. The second kappa shape index (κ2) is 12.3. The lowest BCUT2D eigenvalue weighted by atomic mass is 9.46. The highest BCUT2D eigenvalue weighted by molar-refractivity contribution is 7.81. The molecule has 12 nitrogen and oxygen atoms in total. The molecule has 0 amide bonds. The first kappa shape index (κ1) is 34.2. The Balaban J connectivity index is 1.45. The molecule has 0 heterocycles. The summed E-state index contributed by atoms with van der Waals surface area (Å²) in [6, 6.07) is 0. The molecule has 4 rings (SSSR count). The van der Waals surface area contributed by atoms with Crippen LogP contribution in [0.5, 0.6) is 0 Å². The van der Waals surface area contributed by atoms with Gasteiger partial charge in [0.05, 0.1) is 6.61 Å². The Morgan fingerprint density at radius 1 is 0.881 bits per heavy atom. The summed E-state index contributed by atoms with van der Waals surface area (Å²) in [4.78, 5) is 0. The highest BCUT2D eigenvalue weighted by atomic mass is 32.3. The molecule has 42 heavy (non-hydrogen) atoms. The van der Waals surface area contributed by atoms with Crippen LogP contribution in [0.4, 0.5) is 0 Å². The van der Waals surface area contributed by atoms with Crippen LogP contribution >= 0.6 is 0 Å². The molecule has 0 N–H and O–H groups in total. The van der Waals surface area contributed by atoms with Crippen molar-refractivity contribution in [2.45, 2.75) is 104 Å². The van der Waals surface area contributed by atoms with E-state index in [9.17, 15) is 38.9 Å². The Morgan fingerprint density at radius 3 is 2.14 bits per heavy atom. The van der Waals surface area contributed by atoms with Gasteiger partial charge in [0.25, 0.3) is 0 Å². The Bertz CT molecular complexity index is 1340. The predicted molar refractivity (Wildman–Crippen MR) is 148 cm³/mol. The van der Waals surface area contributed by atoms with Crippen LogP contribution in [0.15, 0.2) is 11.6 Å². The van der Waals surface area contributed by atoms with Crippen LogP contribution in [-0.4, -0.2) is 57.7 Å². The van der Waals surface area contributed by atoms with Gasteiger partial charge >= 0.3 is 0 Å². The van der Waals surface area contributed by atoms with Crippen molar-refractivity contribution < 1.29 is 51.5 Å². The quantitative estimate of drug-likeness (QED) is 0.168. The van der Waals surface area contributed by atoms with Crippen LogP contribution in [0.2, 0.25) is 0 Å². The smallest absolute Gasteiger partial charge is 0.218 e. The number of allylic oxidation sites excluding steroid dienone is 1. The van der Waals surface area contributed by atoms with Crippen molar-refractivity contribution in [1.82, 2.24) is 0 Å². The van der Waals surface area contributed by atoms with Crippen LogP contribution in [0, 0.1) is 46.3 Å². The van der Waals surface area contributed by atoms with Gasteiger partial charge < -0.3 is 13.7 Å². The van der Waals surface area contributed by atoms with E-state index in [0.29, 0.717) is 23.7 Å². The maximum atomic E-state index is 11.5. The van der Waals surface area contributed by atoms with E-state index in [0.717, 1.165) is 56.9 Å². The van der Waals surface area contributed by atoms with Crippen LogP contribution in [-0.2, 0) is 43.7 Å². The van der Waals surface area contributed by atoms with Gasteiger partial charge in [-0.3, -0.25) is 12.5 Å². The van der Waals surface area contributed by atoms with E-state index in [1.165, 1.54) is 0 Å². The summed E-state index contributed by atoms with van der Waals surface area (Å²) in [5, 5.41) is 0. The fourth-order valence-corrected chi connectivity index (χ4v) is 10.8. The summed E-state index contributed by atoms with van der Waals surface area (Å²) in [7, 11) is -15.0. The minimum absolute atomic E-state index is 0.00712. The molecule has 244 valence electrons. The molecule has 10 atom stereocenters. The van der Waals surface area contributed by atoms with Crippen molar-refractivity contribution in [3.63, 3.8) is 0 Å². The highest BCUT2D eigenvalue weighted by Crippen LogP contribution is 2.67. The zero-order valence-electron chi connectivity index (χ0n) is 24.6. The molecule has 0 bridgehead atoms. The zero-order valence-corrected chi connectivity index (χ0v) is 27.0. The predicted octanol–water partition coefficient (Wildman–Crippen LogP) is 3.79. The Labute approximate surface area is 250 Å². The van der Waals surface area contributed by atoms with E-state index in [1.54, 1.807) is 0 Å². The molecule has 1 unspecified atom stereocenters. The third-order valence-corrected chi connectivity index (χ3v) is 12.6. The molecule has 0 aromatic heterocycles. The summed E-state index contributed by atoms with van der Waals surface area (Å²) in [5.74, 6) is 1.92. The number of hydrogen-bond acceptors (Lipinski definition) is 12. The van der Waals surface area contributed by atoms with Crippen LogP contribution in [0.1, 0.15) is 91.9 Å². The van der Waals surface area contributed by atoms with Crippen molar-refractivity contribution in [2.75, 3.05) is 6.61 Å². The number of hydrogen-bond donors (Lipinski definition) is 0. The summed E-state index contributed by atoms with van der Waals surface area (Å²) in [6.45, 7) is 8.47. The Hall–Kier alpha value is -0.650. The van der Waals surface area contributed by atoms with E-state index in [4.69, 9.17) is 4.18 Å². The van der Waals surface area contributed by atoms with Gasteiger partial charge in [-0.25, -0.2) is 25.3 Å². The SMILES string of the molecule is CC(CCC[C@@H](C)[C@H]1CC[C@H]2[C@@H]3CC=C4C[C@H](OS(=O)(=O)[O-])[C@@H](OS(=O)(=O)[O-])C[C@]4(C)[C@H]3CC[C@]12C)COS(=O)(=O)[O-]. The van der Waals surface area contributed by atoms with Gasteiger partial charge in [0.15, 0.2) is 0 Å². The molecule has 0 spiro atoms. The maximum absolute atomic E-state index is 11.5. The zero-order chi connectivity index (χ0) is 31.3. The molecular formula is C27H43O12S3-3. The van der Waals surface area contributed by atoms with Crippen LogP contribution in [0.25, 0.3) is 0 Å². The van der Waals surface area contributed by atoms with E-state index in [2.05, 4.69) is 28.3 Å². The van der Waals surface area contributed by atoms with E-state index in [1.807, 2.05) is 13.8 Å². The topological polar surface area (TPSA) is 199 Å². The van der Waals surface area contributed by atoms with Gasteiger partial charge in [0.1, 0.15) is 12.2 Å². The molecular weight excluding hydrogens is 612 g/mol. The first-order chi connectivity index (χ1) is 19.2. The number of fused-ring (bicyclic) bond motifs is 5. The third-order valence-electron chi connectivity index (χ3n) is 11.2. The fourth-order valence-electron chi connectivity index (χ4n) is 9.40. The molecule has 15 heteroatoms. The average molecular weight is 656 g/mol. The first-order valence-corrected chi connectivity index (χ1v) is 18.8. The second-order valence-electron chi connectivity index (χ2n) is 13.7. The van der Waals surface area contributed by atoms with Crippen molar-refractivity contribution in [3.8, 4) is 0 Å². The third kappa shape index (κ3) is 7.76. The van der Waals surface area contributed by atoms with E-state index >= 15 is 0 Å². The van der Waals surface area contributed by atoms with Gasteiger partial charge in [-0.15, -0.1) is 0 Å². The van der Waals surface area contributed by atoms with Crippen molar-refractivity contribution >= 4 is 31.2 Å². The highest BCUT2D eigenvalue weighted by Gasteiger charge is 2.60. The van der Waals surface area contributed by atoms with Gasteiger partial charge in [-0.05, 0) is 97.7 Å². The maximum Gasteiger partial charge on any atom is 0.218 e. The standard InChI is InChI=1S/C27H46O12S3/c1-17(16-37-40(28,29)30)6-5-7-18(2)21-10-11-22-20-9-8-19-14-24(38-41(31,32)33)25(39-42(34,35)36)15-27(19,4)23(20)12-13-26(21,22)3/h8,17-18,20-25H,5-7,9-16H2,1-4H3,(H,28,29,30)(H,31,32,33)(H,34,35,36)/p-3/t17?,18-,20+,21-,22+,23+,24+,25+,26-,27+/m1/s1. The lowest BCUT2D eigenvalue weighted by molar-refractivity contribution is -0.0796. The first-order valence-electron chi connectivity index (χ1n) is 14.8. The summed E-state index contributed by atoms with van der Waals surface area (Å²) >= 11 is 0. The van der Waals surface area contributed by atoms with Gasteiger partial charge in [0, 0.05) is 0 Å². The Kier molecular flexibility index (Phi) is 10.0. The van der Waals surface area contributed by atoms with Crippen LogP contribution < -0.4 is 0 Å². The van der Waals surface area contributed by atoms with Crippen LogP contribution in [0.3, 0.4) is 0 Å². The van der Waals surface area contributed by atoms with Crippen molar-refractivity contribution in [3.05, 3.63) is 11.6 Å². The van der Waals surface area contributed by atoms with Gasteiger partial charge in [-0.1, -0.05) is 52.2 Å². The largest absolute Gasteiger partial charge is 0.726 e. The van der Waals surface area contributed by atoms with Gasteiger partial charge in [-0.2, -0.15) is 0 Å². The summed E-state index contributed by atoms with van der Waals surface area (Å²) in [5.41, 5.74) is 0.528. The number of rotatable bonds is 12. The average Bonchev–Trinajstić information content (AvgIpc) is 3.18. The normalized spacial score (nSPS) is 38.6. The Morgan fingerprint density at radius 2 is 1.52 bits per heavy atom. The van der Waals surface area contributed by atoms with Crippen molar-refractivity contribution in [2.24, 2.45) is 46.3 Å². The molecule has 0 saturated heterocycles. The van der Waals surface area contributed by atoms with E-state index < -0.39 is 48.8 Å². The lowest BCUT2D eigenvalue weighted by Crippen LogP contribution is -2.54. The molecule has 4 aliphatic rings. The molecule has 0 aromatic carbocycles. The molecule has 0 radical (unpaired) electrons. The van der Waals surface area contributed by atoms with E-state index in [-0.39, 0.29) is 36.7 Å². The fraction of sp³-hybridized carbons (Fsp3) is 0.926. The molecule has 3 fully saturated rings. The molecule has 4 aliphatic carbocycles. The monoisotopic (exact) mass is 655 g/mol. The second-order valence-corrected chi connectivity index (χ2v) is 16.8. The molecule has 0 aromatic rings. The van der Waals surface area contributed by atoms with Crippen molar-refractivity contribution in [1.29, 1.82) is 0 Å². The summed E-state index contributed by atoms with van der Waals surface area (Å²) < 4.78 is 115. The lowest BCUT2D eigenvalue weighted by Gasteiger charge is -2.59. The summed E-state index contributed by atoms with van der Waals surface area (Å²) in [6.07, 6.45) is 6.96. The van der Waals surface area contributed by atoms with Gasteiger partial charge in [0.2, 0.25) is 31.2 Å². The molecule has 3 saturated carbocycles.